The highest BCUT2D eigenvalue weighted by atomic mass is 16.5. The van der Waals surface area contributed by atoms with Crippen LogP contribution in [-0.2, 0) is 9.53 Å². The predicted octanol–water partition coefficient (Wildman–Crippen LogP) is -0.281. The maximum atomic E-state index is 10.2. The van der Waals surface area contributed by atoms with Crippen molar-refractivity contribution >= 4 is 5.97 Å². The van der Waals surface area contributed by atoms with E-state index in [9.17, 15) is 4.79 Å². The van der Waals surface area contributed by atoms with Crippen LogP contribution in [0.5, 0.6) is 0 Å². The van der Waals surface area contributed by atoms with Gasteiger partial charge in [-0.3, -0.25) is 4.79 Å². The summed E-state index contributed by atoms with van der Waals surface area (Å²) in [7, 11) is 0. The molecular weight excluding hydrogens is 160 g/mol. The Balaban J connectivity index is 3.21. The topological polar surface area (TPSA) is 96.3 Å². The van der Waals surface area contributed by atoms with Gasteiger partial charge in [-0.25, -0.2) is 0 Å². The number of carboxylic acid groups (broad SMARTS) is 1. The number of hydrogen-bond donors (Lipinski definition) is 2. The molecule has 0 radical (unpaired) electrons. The molecule has 0 aliphatic heterocycles. The quantitative estimate of drug-likeness (QED) is 0.537. The van der Waals surface area contributed by atoms with Gasteiger partial charge in [-0.2, -0.15) is 5.26 Å². The van der Waals surface area contributed by atoms with E-state index in [0.717, 1.165) is 0 Å². The Hall–Kier alpha value is -1.12. The number of carbonyl (C=O) groups is 1. The SMILES string of the molecule is N#CCCOCC[C@H](N)C(=O)O. The first-order valence-electron chi connectivity index (χ1n) is 3.61. The smallest absolute Gasteiger partial charge is 0.320 e. The number of nitriles is 1. The zero-order valence-corrected chi connectivity index (χ0v) is 6.69. The lowest BCUT2D eigenvalue weighted by Crippen LogP contribution is -2.31. The number of nitrogens with two attached hydrogens (primary N) is 1. The predicted molar refractivity (Wildman–Crippen MR) is 41.3 cm³/mol. The Morgan fingerprint density at radius 1 is 1.67 bits per heavy atom. The van der Waals surface area contributed by atoms with Gasteiger partial charge in [-0.1, -0.05) is 0 Å². The van der Waals surface area contributed by atoms with E-state index in [0.29, 0.717) is 13.0 Å². The van der Waals surface area contributed by atoms with Gasteiger partial charge in [-0.15, -0.1) is 0 Å². The molecule has 0 heterocycles. The second kappa shape index (κ2) is 6.58. The fraction of sp³-hybridized carbons (Fsp3) is 0.714. The number of nitrogens with zero attached hydrogens (tertiary/aromatic N) is 1. The summed E-state index contributed by atoms with van der Waals surface area (Å²) in [5.41, 5.74) is 5.19. The van der Waals surface area contributed by atoms with E-state index >= 15 is 0 Å². The molecular formula is C7H12N2O3. The molecule has 12 heavy (non-hydrogen) atoms. The van der Waals surface area contributed by atoms with E-state index in [1.165, 1.54) is 0 Å². The van der Waals surface area contributed by atoms with E-state index in [-0.39, 0.29) is 13.0 Å². The van der Waals surface area contributed by atoms with Gasteiger partial charge in [0.05, 0.1) is 19.1 Å². The van der Waals surface area contributed by atoms with Crippen LogP contribution in [0.3, 0.4) is 0 Å². The van der Waals surface area contributed by atoms with Gasteiger partial charge in [0.25, 0.3) is 0 Å². The van der Waals surface area contributed by atoms with Crippen LogP contribution < -0.4 is 5.73 Å². The molecule has 0 aromatic carbocycles. The molecule has 0 spiro atoms. The van der Waals surface area contributed by atoms with E-state index in [1.807, 2.05) is 6.07 Å². The Labute approximate surface area is 70.7 Å². The third-order valence-electron chi connectivity index (χ3n) is 1.25. The highest BCUT2D eigenvalue weighted by Gasteiger charge is 2.09. The monoisotopic (exact) mass is 172 g/mol. The highest BCUT2D eigenvalue weighted by Crippen LogP contribution is 1.90. The number of hydrogen-bond acceptors (Lipinski definition) is 4. The molecule has 0 amide bonds. The summed E-state index contributed by atoms with van der Waals surface area (Å²) >= 11 is 0. The van der Waals surface area contributed by atoms with Crippen molar-refractivity contribution < 1.29 is 14.6 Å². The van der Waals surface area contributed by atoms with Crippen LogP contribution in [0.1, 0.15) is 12.8 Å². The number of ether oxygens (including phenoxy) is 1. The molecule has 3 N–H and O–H groups in total. The van der Waals surface area contributed by atoms with Crippen LogP contribution in [0.4, 0.5) is 0 Å². The minimum absolute atomic E-state index is 0.279. The number of rotatable bonds is 6. The summed E-state index contributed by atoms with van der Waals surface area (Å²) in [6.45, 7) is 0.623. The van der Waals surface area contributed by atoms with Gasteiger partial charge in [0, 0.05) is 6.61 Å². The van der Waals surface area contributed by atoms with Crippen molar-refractivity contribution in [1.82, 2.24) is 0 Å². The zero-order valence-electron chi connectivity index (χ0n) is 6.69. The van der Waals surface area contributed by atoms with Gasteiger partial charge in [0.15, 0.2) is 0 Å². The minimum Gasteiger partial charge on any atom is -0.480 e. The van der Waals surface area contributed by atoms with Gasteiger partial charge >= 0.3 is 5.97 Å². The average Bonchev–Trinajstić information content (AvgIpc) is 2.03. The molecule has 5 nitrogen and oxygen atoms in total. The van der Waals surface area contributed by atoms with Gasteiger partial charge in [0.2, 0.25) is 0 Å². The first-order valence-corrected chi connectivity index (χ1v) is 3.61. The molecule has 0 fully saturated rings. The summed E-state index contributed by atoms with van der Waals surface area (Å²) < 4.78 is 4.93. The Morgan fingerprint density at radius 3 is 2.83 bits per heavy atom. The first-order chi connectivity index (χ1) is 5.68. The summed E-state index contributed by atoms with van der Waals surface area (Å²) in [5, 5.41) is 16.5. The van der Waals surface area contributed by atoms with Crippen LogP contribution in [0.15, 0.2) is 0 Å². The van der Waals surface area contributed by atoms with Crippen molar-refractivity contribution in [3.63, 3.8) is 0 Å². The molecule has 0 aliphatic rings. The lowest BCUT2D eigenvalue weighted by atomic mass is 10.2. The normalized spacial score (nSPS) is 12.0. The van der Waals surface area contributed by atoms with Crippen molar-refractivity contribution in [2.24, 2.45) is 5.73 Å². The molecule has 0 saturated carbocycles. The fourth-order valence-electron chi connectivity index (χ4n) is 0.554. The van der Waals surface area contributed by atoms with Crippen molar-refractivity contribution in [3.05, 3.63) is 0 Å². The number of aliphatic carboxylic acids is 1. The number of carboxylic acids is 1. The third-order valence-corrected chi connectivity index (χ3v) is 1.25. The fourth-order valence-corrected chi connectivity index (χ4v) is 0.554. The maximum Gasteiger partial charge on any atom is 0.320 e. The molecule has 0 unspecified atom stereocenters. The standard InChI is InChI=1S/C7H12N2O3/c8-3-1-4-12-5-2-6(9)7(10)11/h6H,1-2,4-5,9H2,(H,10,11)/t6-/m0/s1. The van der Waals surface area contributed by atoms with Crippen molar-refractivity contribution in [2.75, 3.05) is 13.2 Å². The molecule has 68 valence electrons. The molecule has 1 atom stereocenters. The maximum absolute atomic E-state index is 10.2. The molecule has 0 saturated heterocycles. The summed E-state index contributed by atoms with van der Waals surface area (Å²) in [6, 6.07) is 1.04. The Kier molecular flexibility index (Phi) is 5.97. The van der Waals surface area contributed by atoms with E-state index < -0.39 is 12.0 Å². The molecule has 0 aromatic rings. The average molecular weight is 172 g/mol. The van der Waals surface area contributed by atoms with Crippen LogP contribution >= 0.6 is 0 Å². The third kappa shape index (κ3) is 5.65. The van der Waals surface area contributed by atoms with E-state index in [4.69, 9.17) is 20.8 Å². The molecule has 0 aromatic heterocycles. The second-order valence-electron chi connectivity index (χ2n) is 2.25. The van der Waals surface area contributed by atoms with Crippen LogP contribution in [0.2, 0.25) is 0 Å². The minimum atomic E-state index is -1.03. The molecule has 0 aliphatic carbocycles. The van der Waals surface area contributed by atoms with Crippen LogP contribution in [0, 0.1) is 11.3 Å². The molecule has 5 heteroatoms. The van der Waals surface area contributed by atoms with Gasteiger partial charge < -0.3 is 15.6 Å². The van der Waals surface area contributed by atoms with Gasteiger partial charge in [-0.05, 0) is 6.42 Å². The molecule has 0 bridgehead atoms. The van der Waals surface area contributed by atoms with Gasteiger partial charge in [0.1, 0.15) is 6.04 Å². The Morgan fingerprint density at radius 2 is 2.33 bits per heavy atom. The Bertz CT molecular complexity index is 176. The van der Waals surface area contributed by atoms with Crippen molar-refractivity contribution in [3.8, 4) is 6.07 Å². The first kappa shape index (κ1) is 10.9. The van der Waals surface area contributed by atoms with E-state index in [1.54, 1.807) is 0 Å². The summed E-state index contributed by atoms with van der Waals surface area (Å²) in [6.07, 6.45) is 0.600. The van der Waals surface area contributed by atoms with Crippen LogP contribution in [0.25, 0.3) is 0 Å². The zero-order chi connectivity index (χ0) is 9.40. The lowest BCUT2D eigenvalue weighted by molar-refractivity contribution is -0.139. The summed E-state index contributed by atoms with van der Waals surface area (Å²) in [5.74, 6) is -1.03. The lowest BCUT2D eigenvalue weighted by Gasteiger charge is -2.05. The second-order valence-corrected chi connectivity index (χ2v) is 2.25. The van der Waals surface area contributed by atoms with E-state index in [2.05, 4.69) is 0 Å². The summed E-state index contributed by atoms with van der Waals surface area (Å²) in [4.78, 5) is 10.2. The largest absolute Gasteiger partial charge is 0.480 e. The highest BCUT2D eigenvalue weighted by molar-refractivity contribution is 5.72. The molecule has 0 rings (SSSR count). The van der Waals surface area contributed by atoms with Crippen LogP contribution in [-0.4, -0.2) is 30.3 Å². The van der Waals surface area contributed by atoms with Crippen molar-refractivity contribution in [2.45, 2.75) is 18.9 Å². The van der Waals surface area contributed by atoms with Crippen molar-refractivity contribution in [1.29, 1.82) is 5.26 Å².